The van der Waals surface area contributed by atoms with Crippen LogP contribution in [0.3, 0.4) is 0 Å². The van der Waals surface area contributed by atoms with E-state index < -0.39 is 5.60 Å². The lowest BCUT2D eigenvalue weighted by Gasteiger charge is -2.43. The molecule has 0 spiro atoms. The van der Waals surface area contributed by atoms with Gasteiger partial charge in [-0.05, 0) is 18.2 Å². The second kappa shape index (κ2) is 8.23. The van der Waals surface area contributed by atoms with Gasteiger partial charge in [0.1, 0.15) is 11.4 Å². The van der Waals surface area contributed by atoms with E-state index in [0.29, 0.717) is 69.2 Å². The largest absolute Gasteiger partial charge is 0.482 e. The molecule has 0 unspecified atom stereocenters. The first-order chi connectivity index (χ1) is 14.4. The normalized spacial score (nSPS) is 21.1. The molecule has 162 valence electrons. The van der Waals surface area contributed by atoms with Crippen LogP contribution in [0.4, 0.5) is 5.69 Å². The first kappa shape index (κ1) is 20.6. The van der Waals surface area contributed by atoms with Gasteiger partial charge in [0.25, 0.3) is 17.7 Å². The van der Waals surface area contributed by atoms with E-state index in [1.807, 2.05) is 0 Å². The van der Waals surface area contributed by atoms with Crippen LogP contribution in [0.15, 0.2) is 18.2 Å². The zero-order valence-corrected chi connectivity index (χ0v) is 17.4. The number of carbonyl (C=O) groups excluding carboxylic acids is 3. The van der Waals surface area contributed by atoms with E-state index in [4.69, 9.17) is 14.2 Å². The number of nitrogens with zero attached hydrogens (tertiary/aromatic N) is 3. The number of likely N-dealkylation sites (tertiary alicyclic amines) is 1. The van der Waals surface area contributed by atoms with E-state index in [-0.39, 0.29) is 24.3 Å². The number of fused-ring (bicyclic) bond motifs is 1. The van der Waals surface area contributed by atoms with E-state index >= 15 is 0 Å². The molecule has 9 heteroatoms. The molecule has 0 aromatic heterocycles. The number of methoxy groups -OCH3 is 1. The highest BCUT2D eigenvalue weighted by Crippen LogP contribution is 2.33. The number of morpholine rings is 1. The van der Waals surface area contributed by atoms with Crippen molar-refractivity contribution in [1.29, 1.82) is 0 Å². The van der Waals surface area contributed by atoms with Gasteiger partial charge in [-0.3, -0.25) is 14.4 Å². The van der Waals surface area contributed by atoms with Crippen molar-refractivity contribution < 1.29 is 28.6 Å². The van der Waals surface area contributed by atoms with Gasteiger partial charge in [0.15, 0.2) is 6.61 Å². The Morgan fingerprint density at radius 3 is 2.43 bits per heavy atom. The first-order valence-corrected chi connectivity index (χ1v) is 10.2. The molecule has 4 rings (SSSR count). The number of rotatable bonds is 3. The molecular weight excluding hydrogens is 390 g/mol. The predicted molar refractivity (Wildman–Crippen MR) is 108 cm³/mol. The van der Waals surface area contributed by atoms with Crippen LogP contribution in [0.25, 0.3) is 0 Å². The van der Waals surface area contributed by atoms with Crippen molar-refractivity contribution in [2.24, 2.45) is 0 Å². The molecule has 0 atom stereocenters. The molecule has 3 aliphatic heterocycles. The Balaban J connectivity index is 1.45. The highest BCUT2D eigenvalue weighted by atomic mass is 16.5. The summed E-state index contributed by atoms with van der Waals surface area (Å²) in [4.78, 5) is 43.1. The van der Waals surface area contributed by atoms with Crippen molar-refractivity contribution in [3.05, 3.63) is 23.8 Å². The minimum absolute atomic E-state index is 0.000804. The van der Waals surface area contributed by atoms with E-state index in [0.717, 1.165) is 0 Å². The summed E-state index contributed by atoms with van der Waals surface area (Å²) in [7, 11) is 3.23. The molecule has 30 heavy (non-hydrogen) atoms. The summed E-state index contributed by atoms with van der Waals surface area (Å²) < 4.78 is 16.5. The fourth-order valence-corrected chi connectivity index (χ4v) is 4.22. The van der Waals surface area contributed by atoms with Crippen LogP contribution in [0.1, 0.15) is 23.2 Å². The summed E-state index contributed by atoms with van der Waals surface area (Å²) >= 11 is 0. The molecule has 1 aromatic carbocycles. The molecule has 2 saturated heterocycles. The lowest BCUT2D eigenvalue weighted by Crippen LogP contribution is -2.58. The number of ether oxygens (including phenoxy) is 3. The number of amides is 3. The van der Waals surface area contributed by atoms with E-state index in [1.165, 1.54) is 4.90 Å². The van der Waals surface area contributed by atoms with Crippen LogP contribution >= 0.6 is 0 Å². The highest BCUT2D eigenvalue weighted by molar-refractivity contribution is 6.01. The van der Waals surface area contributed by atoms with Crippen molar-refractivity contribution in [3.8, 4) is 5.75 Å². The van der Waals surface area contributed by atoms with Gasteiger partial charge in [-0.15, -0.1) is 0 Å². The smallest absolute Gasteiger partial charge is 0.264 e. The van der Waals surface area contributed by atoms with E-state index in [1.54, 1.807) is 42.2 Å². The van der Waals surface area contributed by atoms with Gasteiger partial charge in [-0.25, -0.2) is 0 Å². The maximum atomic E-state index is 13.1. The molecule has 1 aromatic rings. The molecule has 3 aliphatic rings. The van der Waals surface area contributed by atoms with Crippen LogP contribution in [0.2, 0.25) is 0 Å². The predicted octanol–water partition coefficient (Wildman–Crippen LogP) is 0.522. The molecule has 9 nitrogen and oxygen atoms in total. The molecule has 0 bridgehead atoms. The molecule has 2 fully saturated rings. The lowest BCUT2D eigenvalue weighted by molar-refractivity contribution is -0.164. The zero-order chi connectivity index (χ0) is 21.3. The van der Waals surface area contributed by atoms with Crippen LogP contribution in [0.5, 0.6) is 5.75 Å². The number of anilines is 1. The summed E-state index contributed by atoms with van der Waals surface area (Å²) in [5.41, 5.74) is 0.177. The second-order valence-electron chi connectivity index (χ2n) is 7.82. The third kappa shape index (κ3) is 3.63. The minimum atomic E-state index is -0.898. The monoisotopic (exact) mass is 417 g/mol. The number of benzene rings is 1. The fraction of sp³-hybridized carbons (Fsp3) is 0.571. The SMILES string of the molecule is COC1(C(=O)N2CCOCC2)CCN(C(=O)c2ccc3c(c2)N(C)C(=O)CO3)CC1. The van der Waals surface area contributed by atoms with E-state index in [9.17, 15) is 14.4 Å². The topological polar surface area (TPSA) is 88.6 Å². The van der Waals surface area contributed by atoms with Crippen LogP contribution in [-0.4, -0.2) is 93.3 Å². The molecule has 3 amide bonds. The Morgan fingerprint density at radius 2 is 1.77 bits per heavy atom. The molecule has 0 saturated carbocycles. The Hall–Kier alpha value is -2.65. The van der Waals surface area contributed by atoms with Gasteiger partial charge in [0, 0.05) is 58.7 Å². The number of hydrogen-bond acceptors (Lipinski definition) is 6. The Bertz CT molecular complexity index is 843. The van der Waals surface area contributed by atoms with Crippen molar-refractivity contribution in [3.63, 3.8) is 0 Å². The maximum Gasteiger partial charge on any atom is 0.264 e. The van der Waals surface area contributed by atoms with Gasteiger partial charge in [0.05, 0.1) is 18.9 Å². The van der Waals surface area contributed by atoms with Gasteiger partial charge >= 0.3 is 0 Å². The highest BCUT2D eigenvalue weighted by Gasteiger charge is 2.45. The van der Waals surface area contributed by atoms with Crippen LogP contribution in [-0.2, 0) is 19.1 Å². The minimum Gasteiger partial charge on any atom is -0.482 e. The number of hydrogen-bond donors (Lipinski definition) is 0. The fourth-order valence-electron chi connectivity index (χ4n) is 4.22. The molecular formula is C21H27N3O6. The third-order valence-corrected chi connectivity index (χ3v) is 6.23. The molecule has 0 aliphatic carbocycles. The summed E-state index contributed by atoms with van der Waals surface area (Å²) in [6.07, 6.45) is 0.885. The molecule has 0 radical (unpaired) electrons. The van der Waals surface area contributed by atoms with Crippen molar-refractivity contribution in [1.82, 2.24) is 9.80 Å². The van der Waals surface area contributed by atoms with Crippen LogP contribution < -0.4 is 9.64 Å². The number of likely N-dealkylation sites (N-methyl/N-ethyl adjacent to an activating group) is 1. The van der Waals surface area contributed by atoms with Crippen molar-refractivity contribution in [2.45, 2.75) is 18.4 Å². The first-order valence-electron chi connectivity index (χ1n) is 10.2. The third-order valence-electron chi connectivity index (χ3n) is 6.23. The average Bonchev–Trinajstić information content (AvgIpc) is 2.81. The van der Waals surface area contributed by atoms with Gasteiger partial charge in [0.2, 0.25) is 0 Å². The van der Waals surface area contributed by atoms with E-state index in [2.05, 4.69) is 0 Å². The average molecular weight is 417 g/mol. The standard InChI is InChI=1S/C21H27N3O6/c1-22-16-13-15(3-4-17(16)30-14-18(22)25)19(26)23-7-5-21(28-2,6-8-23)20(27)24-9-11-29-12-10-24/h3-4,13H,5-12,14H2,1-2H3. The van der Waals surface area contributed by atoms with Gasteiger partial charge < -0.3 is 28.9 Å². The second-order valence-corrected chi connectivity index (χ2v) is 7.82. The molecule has 0 N–H and O–H groups in total. The summed E-state index contributed by atoms with van der Waals surface area (Å²) in [5, 5.41) is 0. The Kier molecular flexibility index (Phi) is 5.66. The summed E-state index contributed by atoms with van der Waals surface area (Å²) in [6.45, 7) is 3.05. The van der Waals surface area contributed by atoms with Crippen LogP contribution in [0, 0.1) is 0 Å². The van der Waals surface area contributed by atoms with Gasteiger partial charge in [-0.1, -0.05) is 0 Å². The number of carbonyl (C=O) groups is 3. The zero-order valence-electron chi connectivity index (χ0n) is 17.4. The van der Waals surface area contributed by atoms with Crippen molar-refractivity contribution >= 4 is 23.4 Å². The quantitative estimate of drug-likeness (QED) is 0.713. The Morgan fingerprint density at radius 1 is 1.07 bits per heavy atom. The summed E-state index contributed by atoms with van der Waals surface area (Å²) in [6, 6.07) is 5.12. The Labute approximate surface area is 175 Å². The molecule has 3 heterocycles. The number of piperidine rings is 1. The lowest BCUT2D eigenvalue weighted by atomic mass is 9.89. The maximum absolute atomic E-state index is 13.1. The summed E-state index contributed by atoms with van der Waals surface area (Å²) in [5.74, 6) is 0.276. The van der Waals surface area contributed by atoms with Gasteiger partial charge in [-0.2, -0.15) is 0 Å². The van der Waals surface area contributed by atoms with Crippen molar-refractivity contribution in [2.75, 3.05) is 65.1 Å².